The van der Waals surface area contributed by atoms with E-state index < -0.39 is 0 Å². The molecular formula is C7H7BrN6. The van der Waals surface area contributed by atoms with Gasteiger partial charge < -0.3 is 5.32 Å². The van der Waals surface area contributed by atoms with Crippen LogP contribution in [-0.4, -0.2) is 31.8 Å². The number of hydrogen-bond donors (Lipinski definition) is 1. The van der Waals surface area contributed by atoms with Crippen LogP contribution in [0.25, 0.3) is 5.82 Å². The molecule has 2 aromatic heterocycles. The van der Waals surface area contributed by atoms with E-state index in [4.69, 9.17) is 0 Å². The Morgan fingerprint density at radius 1 is 1.50 bits per heavy atom. The molecule has 14 heavy (non-hydrogen) atoms. The van der Waals surface area contributed by atoms with Crippen molar-refractivity contribution in [2.45, 2.75) is 0 Å². The smallest absolute Gasteiger partial charge is 0.224 e. The number of nitrogens with one attached hydrogen (secondary N) is 1. The molecule has 0 aliphatic rings. The molecule has 0 spiro atoms. The summed E-state index contributed by atoms with van der Waals surface area (Å²) in [6.45, 7) is 0. The van der Waals surface area contributed by atoms with Crippen LogP contribution in [0.5, 0.6) is 0 Å². The molecule has 72 valence electrons. The fourth-order valence-corrected chi connectivity index (χ4v) is 1.33. The molecule has 6 nitrogen and oxygen atoms in total. The van der Waals surface area contributed by atoms with Gasteiger partial charge in [-0.1, -0.05) is 0 Å². The number of rotatable bonds is 2. The average Bonchev–Trinajstić information content (AvgIpc) is 2.71. The Labute approximate surface area is 88.5 Å². The van der Waals surface area contributed by atoms with Gasteiger partial charge in [0.05, 0.1) is 4.47 Å². The summed E-state index contributed by atoms with van der Waals surface area (Å²) in [6.07, 6.45) is 4.69. The van der Waals surface area contributed by atoms with E-state index in [1.54, 1.807) is 24.3 Å². The van der Waals surface area contributed by atoms with E-state index in [0.29, 0.717) is 11.8 Å². The molecule has 0 amide bonds. The van der Waals surface area contributed by atoms with Crippen molar-refractivity contribution < 1.29 is 0 Å². The van der Waals surface area contributed by atoms with Crippen molar-refractivity contribution in [3.8, 4) is 5.82 Å². The summed E-state index contributed by atoms with van der Waals surface area (Å²) in [5.74, 6) is 1.19. The monoisotopic (exact) mass is 254 g/mol. The number of anilines is 1. The molecule has 1 N–H and O–H groups in total. The molecule has 2 rings (SSSR count). The first-order chi connectivity index (χ1) is 6.81. The van der Waals surface area contributed by atoms with Crippen molar-refractivity contribution in [2.75, 3.05) is 12.4 Å². The third kappa shape index (κ3) is 1.58. The number of hydrogen-bond acceptors (Lipinski definition) is 5. The topological polar surface area (TPSA) is 68.5 Å². The molecule has 0 radical (unpaired) electrons. The summed E-state index contributed by atoms with van der Waals surface area (Å²) in [6, 6.07) is 0. The summed E-state index contributed by atoms with van der Waals surface area (Å²) in [5, 5.41) is 6.83. The molecule has 0 aliphatic carbocycles. The lowest BCUT2D eigenvalue weighted by Crippen LogP contribution is -2.04. The van der Waals surface area contributed by atoms with Gasteiger partial charge in [-0.2, -0.15) is 10.1 Å². The predicted molar refractivity (Wildman–Crippen MR) is 54.2 cm³/mol. The summed E-state index contributed by atoms with van der Waals surface area (Å²) < 4.78 is 2.33. The lowest BCUT2D eigenvalue weighted by molar-refractivity contribution is 0.833. The second-order valence-corrected chi connectivity index (χ2v) is 3.31. The van der Waals surface area contributed by atoms with E-state index in [1.807, 2.05) is 0 Å². The van der Waals surface area contributed by atoms with E-state index in [9.17, 15) is 0 Å². The van der Waals surface area contributed by atoms with Crippen LogP contribution in [0, 0.1) is 0 Å². The second-order valence-electron chi connectivity index (χ2n) is 2.46. The minimum absolute atomic E-state index is 0.540. The first-order valence-electron chi connectivity index (χ1n) is 3.86. The molecule has 0 bridgehead atoms. The van der Waals surface area contributed by atoms with Crippen LogP contribution >= 0.6 is 15.9 Å². The average molecular weight is 255 g/mol. The van der Waals surface area contributed by atoms with Gasteiger partial charge in [0.2, 0.25) is 5.95 Å². The number of nitrogens with zero attached hydrogens (tertiary/aromatic N) is 5. The zero-order valence-electron chi connectivity index (χ0n) is 7.35. The second kappa shape index (κ2) is 3.70. The highest BCUT2D eigenvalue weighted by Gasteiger charge is 2.06. The van der Waals surface area contributed by atoms with Gasteiger partial charge >= 0.3 is 0 Å². The molecule has 0 unspecified atom stereocenters. The van der Waals surface area contributed by atoms with Crippen LogP contribution in [0.3, 0.4) is 0 Å². The first kappa shape index (κ1) is 9.07. The number of aromatic nitrogens is 5. The van der Waals surface area contributed by atoms with Gasteiger partial charge in [-0.3, -0.25) is 0 Å². The molecule has 0 fully saturated rings. The lowest BCUT2D eigenvalue weighted by atomic mass is 10.6. The van der Waals surface area contributed by atoms with E-state index in [-0.39, 0.29) is 0 Å². The molecule has 7 heteroatoms. The maximum absolute atomic E-state index is 4.22. The summed E-state index contributed by atoms with van der Waals surface area (Å²) in [7, 11) is 1.76. The molecule has 2 heterocycles. The van der Waals surface area contributed by atoms with Gasteiger partial charge in [0.1, 0.15) is 12.7 Å². The zero-order chi connectivity index (χ0) is 9.97. The van der Waals surface area contributed by atoms with Crippen LogP contribution < -0.4 is 5.32 Å². The molecule has 0 saturated carbocycles. The van der Waals surface area contributed by atoms with Gasteiger partial charge in [-0.15, -0.1) is 0 Å². The number of halogens is 1. The quantitative estimate of drug-likeness (QED) is 0.861. The summed E-state index contributed by atoms with van der Waals surface area (Å²) in [5.41, 5.74) is 0. The minimum Gasteiger partial charge on any atom is -0.357 e. The standard InChI is InChI=1S/C7H7BrN6/c1-9-7-11-2-5(8)6(13-7)14-4-10-3-12-14/h2-4H,1H3,(H,9,11,13). The third-order valence-electron chi connectivity index (χ3n) is 1.58. The molecule has 2 aromatic rings. The van der Waals surface area contributed by atoms with Gasteiger partial charge in [-0.05, 0) is 15.9 Å². The SMILES string of the molecule is CNc1ncc(Br)c(-n2cncn2)n1. The van der Waals surface area contributed by atoms with Crippen LogP contribution in [0.4, 0.5) is 5.95 Å². The van der Waals surface area contributed by atoms with E-state index in [0.717, 1.165) is 4.47 Å². The molecule has 0 atom stereocenters. The van der Waals surface area contributed by atoms with Gasteiger partial charge in [-0.25, -0.2) is 14.6 Å². The molecule has 0 saturated heterocycles. The Kier molecular flexibility index (Phi) is 2.40. The molecular weight excluding hydrogens is 248 g/mol. The third-order valence-corrected chi connectivity index (χ3v) is 2.14. The Bertz CT molecular complexity index is 426. The largest absolute Gasteiger partial charge is 0.357 e. The minimum atomic E-state index is 0.540. The van der Waals surface area contributed by atoms with E-state index in [1.165, 1.54) is 6.33 Å². The van der Waals surface area contributed by atoms with E-state index in [2.05, 4.69) is 41.3 Å². The summed E-state index contributed by atoms with van der Waals surface area (Å²) in [4.78, 5) is 12.1. The summed E-state index contributed by atoms with van der Waals surface area (Å²) >= 11 is 3.34. The van der Waals surface area contributed by atoms with Crippen molar-refractivity contribution >= 4 is 21.9 Å². The highest BCUT2D eigenvalue weighted by Crippen LogP contribution is 2.17. The highest BCUT2D eigenvalue weighted by atomic mass is 79.9. The Morgan fingerprint density at radius 2 is 2.36 bits per heavy atom. The van der Waals surface area contributed by atoms with E-state index >= 15 is 0 Å². The van der Waals surface area contributed by atoms with Gasteiger partial charge in [0.25, 0.3) is 0 Å². The molecule has 0 aromatic carbocycles. The van der Waals surface area contributed by atoms with Crippen LogP contribution in [0.1, 0.15) is 0 Å². The van der Waals surface area contributed by atoms with Crippen molar-refractivity contribution in [1.29, 1.82) is 0 Å². The fraction of sp³-hybridized carbons (Fsp3) is 0.143. The lowest BCUT2D eigenvalue weighted by Gasteiger charge is -2.04. The fourth-order valence-electron chi connectivity index (χ4n) is 0.957. The normalized spacial score (nSPS) is 10.1. The van der Waals surface area contributed by atoms with Crippen molar-refractivity contribution in [1.82, 2.24) is 24.7 Å². The van der Waals surface area contributed by atoms with Gasteiger partial charge in [0, 0.05) is 13.2 Å². The van der Waals surface area contributed by atoms with Crippen molar-refractivity contribution in [2.24, 2.45) is 0 Å². The van der Waals surface area contributed by atoms with Crippen LogP contribution in [0.15, 0.2) is 23.3 Å². The Morgan fingerprint density at radius 3 is 3.00 bits per heavy atom. The van der Waals surface area contributed by atoms with Crippen LogP contribution in [0.2, 0.25) is 0 Å². The Hall–Kier alpha value is -1.50. The van der Waals surface area contributed by atoms with Crippen molar-refractivity contribution in [3.63, 3.8) is 0 Å². The van der Waals surface area contributed by atoms with Crippen molar-refractivity contribution in [3.05, 3.63) is 23.3 Å². The predicted octanol–water partition coefficient (Wildman–Crippen LogP) is 0.861. The highest BCUT2D eigenvalue weighted by molar-refractivity contribution is 9.10. The Balaban J connectivity index is 2.51. The van der Waals surface area contributed by atoms with Crippen LogP contribution in [-0.2, 0) is 0 Å². The maximum Gasteiger partial charge on any atom is 0.224 e. The zero-order valence-corrected chi connectivity index (χ0v) is 8.93. The van der Waals surface area contributed by atoms with Gasteiger partial charge in [0.15, 0.2) is 5.82 Å². The first-order valence-corrected chi connectivity index (χ1v) is 4.66. The maximum atomic E-state index is 4.22. The molecule has 0 aliphatic heterocycles.